The second-order valence-electron chi connectivity index (χ2n) is 12.7. The van der Waals surface area contributed by atoms with E-state index < -0.39 is 23.8 Å². The number of ether oxygens (including phenoxy) is 1. The first-order valence-electron chi connectivity index (χ1n) is 14.9. The van der Waals surface area contributed by atoms with Crippen LogP contribution in [0.25, 0.3) is 0 Å². The zero-order valence-electron chi connectivity index (χ0n) is 24.7. The lowest BCUT2D eigenvalue weighted by Crippen LogP contribution is -2.59. The lowest BCUT2D eigenvalue weighted by molar-refractivity contribution is -0.141. The molecular weight excluding hydrogens is 510 g/mol. The molecule has 0 radical (unpaired) electrons. The van der Waals surface area contributed by atoms with Gasteiger partial charge in [0, 0.05) is 31.9 Å². The van der Waals surface area contributed by atoms with E-state index in [2.05, 4.69) is 22.0 Å². The Morgan fingerprint density at radius 3 is 2.50 bits per heavy atom. The maximum Gasteiger partial charge on any atom is 0.410 e. The standard InChI is InChI=1S/C30H47N5O5/c1-19(34(5)29(39)40-30(2,3)4)26(36)33-24(20-12-8-6-9-13-20)28(38)35-17-16-23-25(35)22(18-31-23)27(37)32-21-14-10-7-11-15-21/h7,10,14,19-20,22-25,31H,6,8-9,11-13,15-18H2,1-5H3,(H,32,37)(H,33,36)/t19-,22-,23?,24?,25?/m0/s1. The third-order valence-electron chi connectivity index (χ3n) is 8.71. The van der Waals surface area contributed by atoms with Crippen LogP contribution in [0.3, 0.4) is 0 Å². The first-order chi connectivity index (χ1) is 19.0. The largest absolute Gasteiger partial charge is 0.444 e. The average Bonchev–Trinajstić information content (AvgIpc) is 3.53. The maximum absolute atomic E-state index is 14.2. The number of carbonyl (C=O) groups excluding carboxylic acids is 4. The Bertz CT molecular complexity index is 1030. The molecule has 2 aliphatic heterocycles. The van der Waals surface area contributed by atoms with E-state index in [4.69, 9.17) is 4.74 Å². The Kier molecular flexibility index (Phi) is 9.59. The summed E-state index contributed by atoms with van der Waals surface area (Å²) >= 11 is 0. The summed E-state index contributed by atoms with van der Waals surface area (Å²) in [6.45, 7) is 8.04. The van der Waals surface area contributed by atoms with Crippen molar-refractivity contribution in [2.24, 2.45) is 11.8 Å². The van der Waals surface area contributed by atoms with Gasteiger partial charge in [-0.2, -0.15) is 0 Å². The molecule has 4 aliphatic rings. The van der Waals surface area contributed by atoms with Crippen LogP contribution in [-0.2, 0) is 19.1 Å². The van der Waals surface area contributed by atoms with Gasteiger partial charge in [-0.1, -0.05) is 31.4 Å². The van der Waals surface area contributed by atoms with Crippen LogP contribution in [0.4, 0.5) is 4.79 Å². The molecule has 3 N–H and O–H groups in total. The minimum atomic E-state index is -0.815. The highest BCUT2D eigenvalue weighted by Crippen LogP contribution is 2.34. The number of likely N-dealkylation sites (N-methyl/N-ethyl adjacent to an activating group) is 1. The molecule has 0 aromatic rings. The second kappa shape index (κ2) is 12.7. The van der Waals surface area contributed by atoms with Crippen LogP contribution in [0.5, 0.6) is 0 Å². The fourth-order valence-electron chi connectivity index (χ4n) is 6.37. The van der Waals surface area contributed by atoms with Gasteiger partial charge in [-0.15, -0.1) is 0 Å². The summed E-state index contributed by atoms with van der Waals surface area (Å²) in [5.74, 6) is -0.912. The molecule has 3 fully saturated rings. The molecular formula is C30H47N5O5. The molecule has 10 nitrogen and oxygen atoms in total. The third kappa shape index (κ3) is 7.06. The molecule has 0 bridgehead atoms. The SMILES string of the molecule is C[C@@H](C(=O)NC(C(=O)N1CCC2NC[C@H](C(=O)NC3=CC=CCC3)C21)C1CCCCC1)N(C)C(=O)OC(C)(C)C. The molecule has 0 spiro atoms. The number of allylic oxidation sites excluding steroid dienone is 4. The monoisotopic (exact) mass is 557 g/mol. The average molecular weight is 558 g/mol. The molecule has 1 saturated carbocycles. The van der Waals surface area contributed by atoms with Gasteiger partial charge in [0.2, 0.25) is 17.7 Å². The van der Waals surface area contributed by atoms with Crippen molar-refractivity contribution >= 4 is 23.8 Å². The first-order valence-corrected chi connectivity index (χ1v) is 14.9. The number of rotatable bonds is 7. The van der Waals surface area contributed by atoms with Crippen LogP contribution in [0.1, 0.15) is 79.1 Å². The van der Waals surface area contributed by atoms with Gasteiger partial charge in [0.25, 0.3) is 0 Å². The number of likely N-dealkylation sites (tertiary alicyclic amines) is 1. The highest BCUT2D eigenvalue weighted by Gasteiger charge is 2.50. The molecule has 2 aliphatic carbocycles. The van der Waals surface area contributed by atoms with E-state index in [1.54, 1.807) is 27.7 Å². The van der Waals surface area contributed by atoms with Gasteiger partial charge in [0.05, 0.1) is 12.0 Å². The summed E-state index contributed by atoms with van der Waals surface area (Å²) in [6.07, 6.45) is 12.7. The zero-order valence-corrected chi connectivity index (χ0v) is 24.7. The van der Waals surface area contributed by atoms with Gasteiger partial charge in [-0.3, -0.25) is 19.3 Å². The van der Waals surface area contributed by atoms with Crippen molar-refractivity contribution in [3.63, 3.8) is 0 Å². The van der Waals surface area contributed by atoms with Crippen molar-refractivity contribution < 1.29 is 23.9 Å². The Morgan fingerprint density at radius 2 is 1.85 bits per heavy atom. The van der Waals surface area contributed by atoms with Crippen molar-refractivity contribution in [2.45, 2.75) is 109 Å². The topological polar surface area (TPSA) is 120 Å². The fourth-order valence-corrected chi connectivity index (χ4v) is 6.37. The molecule has 2 heterocycles. The molecule has 4 rings (SSSR count). The second-order valence-corrected chi connectivity index (χ2v) is 12.7. The molecule has 222 valence electrons. The van der Waals surface area contributed by atoms with Crippen LogP contribution < -0.4 is 16.0 Å². The fraction of sp³-hybridized carbons (Fsp3) is 0.733. The van der Waals surface area contributed by atoms with Crippen LogP contribution in [0, 0.1) is 11.8 Å². The Hall–Kier alpha value is -2.88. The summed E-state index contributed by atoms with van der Waals surface area (Å²) in [6, 6.07) is -1.71. The molecule has 4 amide bonds. The van der Waals surface area contributed by atoms with Gasteiger partial charge in [-0.05, 0) is 71.8 Å². The van der Waals surface area contributed by atoms with E-state index in [0.29, 0.717) is 13.1 Å². The van der Waals surface area contributed by atoms with Crippen molar-refractivity contribution in [2.75, 3.05) is 20.1 Å². The van der Waals surface area contributed by atoms with Gasteiger partial charge < -0.3 is 25.6 Å². The van der Waals surface area contributed by atoms with Crippen molar-refractivity contribution in [3.8, 4) is 0 Å². The summed E-state index contributed by atoms with van der Waals surface area (Å²) in [5, 5.41) is 9.58. The molecule has 2 saturated heterocycles. The van der Waals surface area contributed by atoms with Gasteiger partial charge in [0.15, 0.2) is 0 Å². The van der Waals surface area contributed by atoms with Crippen LogP contribution in [0.15, 0.2) is 23.9 Å². The summed E-state index contributed by atoms with van der Waals surface area (Å²) in [5.41, 5.74) is 0.221. The first kappa shape index (κ1) is 30.1. The minimum absolute atomic E-state index is 0.0177. The van der Waals surface area contributed by atoms with E-state index in [0.717, 1.165) is 57.1 Å². The van der Waals surface area contributed by atoms with E-state index in [9.17, 15) is 19.2 Å². The normalized spacial score (nSPS) is 26.4. The molecule has 3 unspecified atom stereocenters. The third-order valence-corrected chi connectivity index (χ3v) is 8.71. The maximum atomic E-state index is 14.2. The number of carbonyl (C=O) groups is 4. The predicted octanol–water partition coefficient (Wildman–Crippen LogP) is 2.85. The van der Waals surface area contributed by atoms with Crippen LogP contribution in [-0.4, -0.2) is 83.5 Å². The van der Waals surface area contributed by atoms with Crippen molar-refractivity contribution in [1.29, 1.82) is 0 Å². The summed E-state index contributed by atoms with van der Waals surface area (Å²) in [7, 11) is 1.53. The van der Waals surface area contributed by atoms with Crippen molar-refractivity contribution in [3.05, 3.63) is 23.9 Å². The molecule has 5 atom stereocenters. The Morgan fingerprint density at radius 1 is 1.12 bits per heavy atom. The summed E-state index contributed by atoms with van der Waals surface area (Å²) in [4.78, 5) is 56.7. The van der Waals surface area contributed by atoms with Crippen molar-refractivity contribution in [1.82, 2.24) is 25.8 Å². The number of hydrogen-bond acceptors (Lipinski definition) is 6. The lowest BCUT2D eigenvalue weighted by Gasteiger charge is -2.37. The quantitative estimate of drug-likeness (QED) is 0.443. The number of hydrogen-bond donors (Lipinski definition) is 3. The number of amides is 4. The van der Waals surface area contributed by atoms with E-state index in [1.807, 2.05) is 17.1 Å². The van der Waals surface area contributed by atoms with E-state index in [-0.39, 0.29) is 41.6 Å². The summed E-state index contributed by atoms with van der Waals surface area (Å²) < 4.78 is 5.44. The highest BCUT2D eigenvalue weighted by atomic mass is 16.6. The molecule has 10 heteroatoms. The number of nitrogens with one attached hydrogen (secondary N) is 3. The molecule has 40 heavy (non-hydrogen) atoms. The van der Waals surface area contributed by atoms with E-state index in [1.165, 1.54) is 11.9 Å². The van der Waals surface area contributed by atoms with Gasteiger partial charge >= 0.3 is 6.09 Å². The van der Waals surface area contributed by atoms with Crippen LogP contribution >= 0.6 is 0 Å². The predicted molar refractivity (Wildman–Crippen MR) is 152 cm³/mol. The van der Waals surface area contributed by atoms with Gasteiger partial charge in [0.1, 0.15) is 17.7 Å². The van der Waals surface area contributed by atoms with Gasteiger partial charge in [-0.25, -0.2) is 4.79 Å². The van der Waals surface area contributed by atoms with E-state index >= 15 is 0 Å². The molecule has 0 aromatic carbocycles. The van der Waals surface area contributed by atoms with Crippen LogP contribution in [0.2, 0.25) is 0 Å². The number of nitrogens with zero attached hydrogens (tertiary/aromatic N) is 2. The smallest absolute Gasteiger partial charge is 0.410 e. The highest BCUT2D eigenvalue weighted by molar-refractivity contribution is 5.92. The molecule has 0 aromatic heterocycles. The zero-order chi connectivity index (χ0) is 29.0. The number of fused-ring (bicyclic) bond motifs is 1. The lowest BCUT2D eigenvalue weighted by atomic mass is 9.83. The minimum Gasteiger partial charge on any atom is -0.444 e. The Balaban J connectivity index is 1.48. The Labute approximate surface area is 238 Å².